The Morgan fingerprint density at radius 2 is 2.35 bits per heavy atom. The fourth-order valence-corrected chi connectivity index (χ4v) is 2.14. The molecule has 0 aliphatic carbocycles. The zero-order valence-corrected chi connectivity index (χ0v) is 10.2. The topological polar surface area (TPSA) is 74.6 Å². The Hall–Kier alpha value is -0.880. The quantitative estimate of drug-likeness (QED) is 0.711. The average Bonchev–Trinajstić information content (AvgIpc) is 2.33. The summed E-state index contributed by atoms with van der Waals surface area (Å²) in [6, 6.07) is 3.22. The molecule has 1 aliphatic heterocycles. The highest BCUT2D eigenvalue weighted by Gasteiger charge is 2.41. The van der Waals surface area contributed by atoms with Crippen LogP contribution in [0.5, 0.6) is 5.88 Å². The van der Waals surface area contributed by atoms with Gasteiger partial charge in [0, 0.05) is 6.54 Å². The maximum absolute atomic E-state index is 10.5. The van der Waals surface area contributed by atoms with Crippen molar-refractivity contribution >= 4 is 11.6 Å². The first-order valence-corrected chi connectivity index (χ1v) is 5.78. The molecule has 0 radical (unpaired) electrons. The van der Waals surface area contributed by atoms with Crippen molar-refractivity contribution in [2.45, 2.75) is 18.1 Å². The summed E-state index contributed by atoms with van der Waals surface area (Å²) < 4.78 is 5.01. The van der Waals surface area contributed by atoms with E-state index in [1.54, 1.807) is 12.1 Å². The first kappa shape index (κ1) is 12.6. The molecule has 2 rings (SSSR count). The van der Waals surface area contributed by atoms with Gasteiger partial charge in [-0.2, -0.15) is 0 Å². The third-order valence-corrected chi connectivity index (χ3v) is 3.31. The molecule has 0 aromatic carbocycles. The summed E-state index contributed by atoms with van der Waals surface area (Å²) in [5, 5.41) is 23.7. The maximum Gasteiger partial charge on any atom is 0.232 e. The van der Waals surface area contributed by atoms with E-state index in [-0.39, 0.29) is 5.88 Å². The maximum atomic E-state index is 10.5. The number of piperidine rings is 1. The van der Waals surface area contributed by atoms with Crippen LogP contribution >= 0.6 is 11.6 Å². The average molecular weight is 259 g/mol. The minimum atomic E-state index is -1.34. The third-order valence-electron chi connectivity index (χ3n) is 3.02. The van der Waals surface area contributed by atoms with Crippen molar-refractivity contribution in [3.05, 3.63) is 22.8 Å². The molecule has 3 N–H and O–H groups in total. The highest BCUT2D eigenvalue weighted by atomic mass is 35.5. The molecular weight excluding hydrogens is 244 g/mol. The van der Waals surface area contributed by atoms with Crippen LogP contribution in [-0.4, -0.2) is 41.5 Å². The number of nitrogens with zero attached hydrogens (tertiary/aromatic N) is 1. The number of methoxy groups -OCH3 is 1. The summed E-state index contributed by atoms with van der Waals surface area (Å²) in [5.74, 6) is 0.253. The molecule has 2 heterocycles. The Kier molecular flexibility index (Phi) is 3.53. The monoisotopic (exact) mass is 258 g/mol. The standard InChI is InChI=1S/C11H15ClN2O3/c1-17-10-7(12)2-3-8(14-10)11(16)4-5-13-6-9(11)15/h2-3,9,13,15-16H,4-6H2,1H3/t9-,11-/m0/s1. The number of rotatable bonds is 2. The van der Waals surface area contributed by atoms with E-state index < -0.39 is 11.7 Å². The van der Waals surface area contributed by atoms with E-state index in [1.807, 2.05) is 0 Å². The Morgan fingerprint density at radius 3 is 3.00 bits per heavy atom. The molecule has 0 amide bonds. The molecule has 2 atom stereocenters. The van der Waals surface area contributed by atoms with Gasteiger partial charge in [0.2, 0.25) is 5.88 Å². The van der Waals surface area contributed by atoms with Gasteiger partial charge in [-0.1, -0.05) is 11.6 Å². The van der Waals surface area contributed by atoms with Gasteiger partial charge in [-0.15, -0.1) is 0 Å². The van der Waals surface area contributed by atoms with Crippen molar-refractivity contribution in [2.75, 3.05) is 20.2 Å². The van der Waals surface area contributed by atoms with Crippen LogP contribution in [0.3, 0.4) is 0 Å². The first-order valence-electron chi connectivity index (χ1n) is 5.40. The smallest absolute Gasteiger partial charge is 0.232 e. The van der Waals surface area contributed by atoms with E-state index in [1.165, 1.54) is 7.11 Å². The minimum Gasteiger partial charge on any atom is -0.480 e. The molecule has 0 unspecified atom stereocenters. The number of hydrogen-bond acceptors (Lipinski definition) is 5. The minimum absolute atomic E-state index is 0.253. The number of β-amino-alcohol motifs (C(OH)–C–C–N with tert-alkyl or cyclic N) is 1. The molecule has 1 fully saturated rings. The van der Waals surface area contributed by atoms with Crippen molar-refractivity contribution in [2.24, 2.45) is 0 Å². The van der Waals surface area contributed by atoms with E-state index in [9.17, 15) is 10.2 Å². The van der Waals surface area contributed by atoms with Crippen molar-refractivity contribution in [1.29, 1.82) is 0 Å². The summed E-state index contributed by atoms with van der Waals surface area (Å²) in [5.41, 5.74) is -0.962. The number of pyridine rings is 1. The van der Waals surface area contributed by atoms with Crippen LogP contribution < -0.4 is 10.1 Å². The lowest BCUT2D eigenvalue weighted by molar-refractivity contribution is -0.101. The van der Waals surface area contributed by atoms with Crippen LogP contribution in [0.2, 0.25) is 5.02 Å². The van der Waals surface area contributed by atoms with Crippen LogP contribution in [-0.2, 0) is 5.60 Å². The van der Waals surface area contributed by atoms with E-state index >= 15 is 0 Å². The summed E-state index contributed by atoms with van der Waals surface area (Å²) in [4.78, 5) is 4.14. The highest BCUT2D eigenvalue weighted by molar-refractivity contribution is 6.31. The van der Waals surface area contributed by atoms with Crippen LogP contribution in [0.4, 0.5) is 0 Å². The Labute approximate surface area is 104 Å². The number of aromatic nitrogens is 1. The normalized spacial score (nSPS) is 29.1. The van der Waals surface area contributed by atoms with Gasteiger partial charge in [-0.05, 0) is 25.1 Å². The van der Waals surface area contributed by atoms with Gasteiger partial charge in [0.25, 0.3) is 0 Å². The largest absolute Gasteiger partial charge is 0.480 e. The summed E-state index contributed by atoms with van der Waals surface area (Å²) >= 11 is 5.87. The fraction of sp³-hybridized carbons (Fsp3) is 0.545. The lowest BCUT2D eigenvalue weighted by Crippen LogP contribution is -2.52. The number of halogens is 1. The van der Waals surface area contributed by atoms with Crippen LogP contribution in [0.25, 0.3) is 0 Å². The van der Waals surface area contributed by atoms with Gasteiger partial charge in [0.1, 0.15) is 16.7 Å². The van der Waals surface area contributed by atoms with E-state index in [0.717, 1.165) is 0 Å². The number of aliphatic hydroxyl groups excluding tert-OH is 1. The van der Waals surface area contributed by atoms with Gasteiger partial charge in [-0.25, -0.2) is 4.98 Å². The van der Waals surface area contributed by atoms with E-state index in [4.69, 9.17) is 16.3 Å². The van der Waals surface area contributed by atoms with Crippen molar-refractivity contribution in [1.82, 2.24) is 10.3 Å². The summed E-state index contributed by atoms with van der Waals surface area (Å²) in [7, 11) is 1.46. The molecule has 0 bridgehead atoms. The van der Waals surface area contributed by atoms with Crippen molar-refractivity contribution < 1.29 is 14.9 Å². The highest BCUT2D eigenvalue weighted by Crippen LogP contribution is 2.32. The third kappa shape index (κ3) is 2.24. The van der Waals surface area contributed by atoms with Gasteiger partial charge in [0.15, 0.2) is 0 Å². The fourth-order valence-electron chi connectivity index (χ4n) is 1.96. The van der Waals surface area contributed by atoms with Crippen LogP contribution in [0, 0.1) is 0 Å². The molecule has 5 nitrogen and oxygen atoms in total. The molecule has 1 saturated heterocycles. The first-order chi connectivity index (χ1) is 8.08. The molecule has 1 aromatic rings. The Morgan fingerprint density at radius 1 is 1.59 bits per heavy atom. The molecule has 6 heteroatoms. The van der Waals surface area contributed by atoms with Gasteiger partial charge >= 0.3 is 0 Å². The lowest BCUT2D eigenvalue weighted by Gasteiger charge is -2.36. The predicted octanol–water partition coefficient (Wildman–Crippen LogP) is 0.285. The van der Waals surface area contributed by atoms with Gasteiger partial charge in [-0.3, -0.25) is 0 Å². The molecule has 1 aromatic heterocycles. The second-order valence-electron chi connectivity index (χ2n) is 4.08. The Bertz CT molecular complexity index is 416. The van der Waals surface area contributed by atoms with E-state index in [2.05, 4.69) is 10.3 Å². The number of aliphatic hydroxyl groups is 2. The Balaban J connectivity index is 2.38. The van der Waals surface area contributed by atoms with E-state index in [0.29, 0.717) is 30.2 Å². The number of hydrogen-bond donors (Lipinski definition) is 3. The summed E-state index contributed by atoms with van der Waals surface area (Å²) in [6.45, 7) is 0.962. The zero-order chi connectivity index (χ0) is 12.5. The molecule has 94 valence electrons. The second kappa shape index (κ2) is 4.78. The van der Waals surface area contributed by atoms with Crippen LogP contribution in [0.1, 0.15) is 12.1 Å². The van der Waals surface area contributed by atoms with Crippen LogP contribution in [0.15, 0.2) is 12.1 Å². The molecular formula is C11H15ClN2O3. The molecule has 0 spiro atoms. The SMILES string of the molecule is COc1nc([C@@]2(O)CCNC[C@@H]2O)ccc1Cl. The molecule has 17 heavy (non-hydrogen) atoms. The number of nitrogens with one attached hydrogen (secondary N) is 1. The molecule has 0 saturated carbocycles. The van der Waals surface area contributed by atoms with Gasteiger partial charge in [0.05, 0.1) is 12.8 Å². The predicted molar refractivity (Wildman–Crippen MR) is 63.2 cm³/mol. The zero-order valence-electron chi connectivity index (χ0n) is 9.48. The van der Waals surface area contributed by atoms with Crippen molar-refractivity contribution in [3.63, 3.8) is 0 Å². The second-order valence-corrected chi connectivity index (χ2v) is 4.49. The van der Waals surface area contributed by atoms with Crippen molar-refractivity contribution in [3.8, 4) is 5.88 Å². The number of ether oxygens (including phenoxy) is 1. The molecule has 1 aliphatic rings. The summed E-state index contributed by atoms with van der Waals surface area (Å²) in [6.07, 6.45) is -0.499. The van der Waals surface area contributed by atoms with Gasteiger partial charge < -0.3 is 20.3 Å². The lowest BCUT2D eigenvalue weighted by atomic mass is 9.86.